The van der Waals surface area contributed by atoms with Crippen LogP contribution >= 0.6 is 23.5 Å². The maximum absolute atomic E-state index is 14.4. The molecule has 0 unspecified atom stereocenters. The van der Waals surface area contributed by atoms with Gasteiger partial charge in [0, 0.05) is 29.9 Å². The molecule has 376 valence electrons. The molecule has 1 aromatic heterocycles. The molecule has 0 bridgehead atoms. The van der Waals surface area contributed by atoms with Crippen molar-refractivity contribution >= 4 is 75.8 Å². The highest BCUT2D eigenvalue weighted by molar-refractivity contribution is 7.98. The number of phenols is 1. The first-order valence-electron chi connectivity index (χ1n) is 23.0. The molecular weight excluding hydrogens is 913 g/mol. The lowest BCUT2D eigenvalue weighted by molar-refractivity contribution is -0.142. The van der Waals surface area contributed by atoms with Gasteiger partial charge in [0.1, 0.15) is 42.0 Å². The molecule has 21 heteroatoms. The third kappa shape index (κ3) is 19.0. The molecule has 2 aromatic carbocycles. The van der Waals surface area contributed by atoms with Crippen LogP contribution in [-0.4, -0.2) is 136 Å². The Bertz CT molecular complexity index is 2090. The number of hydrogen-bond acceptors (Lipinski definition) is 13. The van der Waals surface area contributed by atoms with Crippen LogP contribution in [0.5, 0.6) is 5.75 Å². The predicted octanol–water partition coefficient (Wildman–Crippen LogP) is 1.40. The number of aromatic hydroxyl groups is 1. The van der Waals surface area contributed by atoms with Gasteiger partial charge >= 0.3 is 5.97 Å². The number of nitrogens with one attached hydrogen (secondary N) is 7. The Kier molecular flexibility index (Phi) is 25.3. The van der Waals surface area contributed by atoms with E-state index < -0.39 is 89.6 Å². The third-order valence-electron chi connectivity index (χ3n) is 11.3. The Morgan fingerprint density at radius 2 is 1.10 bits per heavy atom. The zero-order valence-electron chi connectivity index (χ0n) is 39.5. The molecule has 0 aliphatic carbocycles. The maximum Gasteiger partial charge on any atom is 0.326 e. The number of carbonyl (C=O) groups is 7. The number of carbonyl (C=O) groups excluding carboxylic acids is 6. The van der Waals surface area contributed by atoms with Crippen molar-refractivity contribution in [3.05, 3.63) is 65.9 Å². The minimum absolute atomic E-state index is 0.0243. The molecule has 19 nitrogen and oxygen atoms in total. The van der Waals surface area contributed by atoms with Crippen molar-refractivity contribution in [1.29, 1.82) is 0 Å². The van der Waals surface area contributed by atoms with Crippen molar-refractivity contribution in [1.82, 2.24) is 36.9 Å². The van der Waals surface area contributed by atoms with E-state index in [-0.39, 0.29) is 37.9 Å². The molecule has 3 rings (SSSR count). The highest BCUT2D eigenvalue weighted by Crippen LogP contribution is 2.20. The second kappa shape index (κ2) is 30.2. The van der Waals surface area contributed by atoms with Crippen molar-refractivity contribution in [2.75, 3.05) is 37.1 Å². The number of unbranched alkanes of at least 4 members (excludes halogenated alkanes) is 2. The van der Waals surface area contributed by atoms with Crippen LogP contribution in [-0.2, 0) is 46.4 Å². The van der Waals surface area contributed by atoms with Crippen LogP contribution in [0.25, 0.3) is 10.9 Å². The summed E-state index contributed by atoms with van der Waals surface area (Å²) in [5.41, 5.74) is 19.8. The molecule has 0 fully saturated rings. The molecule has 68 heavy (non-hydrogen) atoms. The van der Waals surface area contributed by atoms with Gasteiger partial charge in [0.2, 0.25) is 35.4 Å². The number of thioether (sulfide) groups is 2. The van der Waals surface area contributed by atoms with Crippen LogP contribution in [0.3, 0.4) is 0 Å². The number of carboxylic acids is 1. The summed E-state index contributed by atoms with van der Waals surface area (Å²) in [6.45, 7) is 4.14. The number of carboxylic acid groups (broad SMARTS) is 1. The van der Waals surface area contributed by atoms with Crippen molar-refractivity contribution in [2.45, 2.75) is 120 Å². The number of benzene rings is 2. The quantitative estimate of drug-likeness (QED) is 0.0394. The fourth-order valence-corrected chi connectivity index (χ4v) is 8.29. The minimum Gasteiger partial charge on any atom is -0.508 e. The van der Waals surface area contributed by atoms with Crippen LogP contribution in [0, 0.1) is 5.92 Å². The number of aromatic nitrogens is 1. The second-order valence-corrected chi connectivity index (χ2v) is 19.0. The number of fused-ring (bicyclic) bond motifs is 1. The lowest BCUT2D eigenvalue weighted by Gasteiger charge is -2.28. The zero-order chi connectivity index (χ0) is 50.2. The number of phenolic OH excluding ortho intramolecular Hbond substituents is 1. The van der Waals surface area contributed by atoms with Crippen LogP contribution in [0.2, 0.25) is 0 Å². The lowest BCUT2D eigenvalue weighted by atomic mass is 10.0. The first kappa shape index (κ1) is 57.0. The van der Waals surface area contributed by atoms with Gasteiger partial charge in [-0.25, -0.2) is 4.79 Å². The summed E-state index contributed by atoms with van der Waals surface area (Å²) in [7, 11) is 0. The smallest absolute Gasteiger partial charge is 0.326 e. The third-order valence-corrected chi connectivity index (χ3v) is 12.6. The summed E-state index contributed by atoms with van der Waals surface area (Å²) in [5.74, 6) is -4.86. The minimum atomic E-state index is -1.32. The number of nitrogens with two attached hydrogens (primary N) is 3. The van der Waals surface area contributed by atoms with E-state index in [1.54, 1.807) is 32.2 Å². The van der Waals surface area contributed by atoms with Gasteiger partial charge in [0.15, 0.2) is 0 Å². The van der Waals surface area contributed by atoms with Crippen LogP contribution in [0.4, 0.5) is 0 Å². The van der Waals surface area contributed by atoms with Crippen molar-refractivity contribution < 1.29 is 43.8 Å². The number of aromatic amines is 1. The number of para-hydroxylation sites is 1. The Morgan fingerprint density at radius 3 is 1.69 bits per heavy atom. The number of amides is 6. The monoisotopic (exact) mass is 984 g/mol. The molecule has 0 aliphatic heterocycles. The normalized spacial score (nSPS) is 14.4. The van der Waals surface area contributed by atoms with Gasteiger partial charge in [0.05, 0.1) is 6.04 Å². The molecule has 6 amide bonds. The van der Waals surface area contributed by atoms with Crippen molar-refractivity contribution in [3.63, 3.8) is 0 Å². The first-order chi connectivity index (χ1) is 32.5. The molecule has 0 saturated carbocycles. The van der Waals surface area contributed by atoms with Gasteiger partial charge in [-0.2, -0.15) is 23.5 Å². The summed E-state index contributed by atoms with van der Waals surface area (Å²) < 4.78 is 0. The highest BCUT2D eigenvalue weighted by atomic mass is 32.2. The molecule has 3 aromatic rings. The summed E-state index contributed by atoms with van der Waals surface area (Å²) >= 11 is 2.85. The maximum atomic E-state index is 14.4. The Morgan fingerprint density at radius 1 is 0.603 bits per heavy atom. The zero-order valence-corrected chi connectivity index (χ0v) is 41.1. The van der Waals surface area contributed by atoms with E-state index in [0.717, 1.165) is 16.5 Å². The summed E-state index contributed by atoms with van der Waals surface area (Å²) in [6, 6.07) is 5.38. The van der Waals surface area contributed by atoms with Gasteiger partial charge in [0.25, 0.3) is 0 Å². The van der Waals surface area contributed by atoms with Gasteiger partial charge in [-0.15, -0.1) is 0 Å². The van der Waals surface area contributed by atoms with Gasteiger partial charge in [-0.3, -0.25) is 28.8 Å². The number of H-pyrrole nitrogens is 1. The van der Waals surface area contributed by atoms with E-state index in [1.807, 2.05) is 36.8 Å². The SMILES string of the molecule is CSCC[C@H](NC(=O)[C@@H](NC(=O)[C@H](CCSC)NC(=O)[C@H](Cc1ccc(O)cc1)NC(=O)[C@H](CCCCN)NC(=O)[C@H](Cc1c[nH]c2ccccc12)NC(=O)[C@@H](N)CCCCN)C(C)C)C(=O)O. The Hall–Kier alpha value is -5.35. The lowest BCUT2D eigenvalue weighted by Crippen LogP contribution is -2.60. The fraction of sp³-hybridized carbons (Fsp3) is 0.553. The van der Waals surface area contributed by atoms with Gasteiger partial charge in [-0.05, 0) is 117 Å². The van der Waals surface area contributed by atoms with E-state index in [2.05, 4.69) is 36.9 Å². The average molecular weight is 985 g/mol. The number of rotatable bonds is 32. The molecule has 0 saturated heterocycles. The summed E-state index contributed by atoms with van der Waals surface area (Å²) in [5, 5.41) is 37.0. The molecule has 0 aliphatic rings. The Labute approximate surface area is 407 Å². The molecular formula is C47H72N10O9S2. The van der Waals surface area contributed by atoms with E-state index >= 15 is 0 Å². The molecule has 1 heterocycles. The predicted molar refractivity (Wildman–Crippen MR) is 268 cm³/mol. The van der Waals surface area contributed by atoms with E-state index in [1.165, 1.54) is 35.7 Å². The largest absolute Gasteiger partial charge is 0.508 e. The van der Waals surface area contributed by atoms with Crippen molar-refractivity contribution in [2.24, 2.45) is 23.1 Å². The van der Waals surface area contributed by atoms with E-state index in [4.69, 9.17) is 17.2 Å². The number of hydrogen-bond donors (Lipinski definition) is 12. The topological polar surface area (TPSA) is 326 Å². The number of aliphatic carboxylic acids is 1. The van der Waals surface area contributed by atoms with E-state index in [0.29, 0.717) is 62.3 Å². The molecule has 7 atom stereocenters. The van der Waals surface area contributed by atoms with Gasteiger partial charge < -0.3 is 64.3 Å². The van der Waals surface area contributed by atoms with Gasteiger partial charge in [-0.1, -0.05) is 50.6 Å². The average Bonchev–Trinajstić information content (AvgIpc) is 3.72. The fourth-order valence-electron chi connectivity index (χ4n) is 7.35. The molecule has 0 spiro atoms. The van der Waals surface area contributed by atoms with E-state index in [9.17, 15) is 43.8 Å². The van der Waals surface area contributed by atoms with Crippen LogP contribution < -0.4 is 49.1 Å². The molecule has 15 N–H and O–H groups in total. The summed E-state index contributed by atoms with van der Waals surface area (Å²) in [6.07, 6.45) is 8.33. The Balaban J connectivity index is 1.94. The van der Waals surface area contributed by atoms with Crippen molar-refractivity contribution in [3.8, 4) is 5.75 Å². The highest BCUT2D eigenvalue weighted by Gasteiger charge is 2.35. The second-order valence-electron chi connectivity index (χ2n) is 17.0. The first-order valence-corrected chi connectivity index (χ1v) is 25.8. The van der Waals surface area contributed by atoms with Crippen LogP contribution in [0.1, 0.15) is 76.3 Å². The standard InChI is InChI=1S/C47H72N10O9S2/c1-28(2)40(46(64)54-37(47(65)66)20-24-68-4)57-43(61)36(19-23-67-3)53-44(62)38(25-29-15-17-31(58)18-16-29)56-42(60)35(14-8-10-22-49)52-45(63)39(55-41(59)33(50)12-7-9-21-48)26-30-27-51-34-13-6-5-11-32(30)34/h5-6,11,13,15-18,27-28,33,35-40,51,58H,7-10,12,14,19-26,48-50H2,1-4H3,(H,52,63)(H,53,62)(H,54,64)(H,55,59)(H,56,60)(H,57,61)(H,65,66)/t33-,35-,36-,37-,38-,39-,40-/m0/s1. The summed E-state index contributed by atoms with van der Waals surface area (Å²) in [4.78, 5) is 99.2. The molecule has 0 radical (unpaired) electrons. The van der Waals surface area contributed by atoms with Crippen LogP contribution in [0.15, 0.2) is 54.7 Å².